The van der Waals surface area contributed by atoms with Gasteiger partial charge in [-0.15, -0.1) is 0 Å². The molecule has 2 rings (SSSR count). The van der Waals surface area contributed by atoms with Crippen molar-refractivity contribution in [3.8, 4) is 11.5 Å². The number of carbonyl (C=O) groups is 2. The molecule has 0 aliphatic rings. The van der Waals surface area contributed by atoms with Crippen LogP contribution in [0.4, 0.5) is 11.4 Å². The van der Waals surface area contributed by atoms with Crippen LogP contribution in [-0.2, 0) is 14.3 Å². The average Bonchev–Trinajstić information content (AvgIpc) is 2.68. The van der Waals surface area contributed by atoms with E-state index in [4.69, 9.17) is 14.2 Å². The minimum absolute atomic E-state index is 0.0884. The molecule has 0 spiro atoms. The molecule has 0 fully saturated rings. The monoisotopic (exact) mass is 388 g/mol. The van der Waals surface area contributed by atoms with Gasteiger partial charge in [-0.05, 0) is 50.2 Å². The molecular formula is C19H20N2O7. The number of hydrogen-bond donors (Lipinski definition) is 1. The van der Waals surface area contributed by atoms with Crippen LogP contribution in [-0.4, -0.2) is 36.1 Å². The van der Waals surface area contributed by atoms with E-state index in [9.17, 15) is 19.7 Å². The van der Waals surface area contributed by atoms with Crippen LogP contribution in [0.3, 0.4) is 0 Å². The van der Waals surface area contributed by atoms with Gasteiger partial charge in [-0.1, -0.05) is 0 Å². The zero-order valence-electron chi connectivity index (χ0n) is 15.4. The van der Waals surface area contributed by atoms with Crippen LogP contribution in [0.2, 0.25) is 0 Å². The van der Waals surface area contributed by atoms with Crippen molar-refractivity contribution in [1.29, 1.82) is 0 Å². The summed E-state index contributed by atoms with van der Waals surface area (Å²) < 4.78 is 15.5. The van der Waals surface area contributed by atoms with E-state index in [0.29, 0.717) is 18.0 Å². The van der Waals surface area contributed by atoms with E-state index in [0.717, 1.165) is 0 Å². The first kappa shape index (κ1) is 20.7. The van der Waals surface area contributed by atoms with E-state index in [2.05, 4.69) is 5.32 Å². The van der Waals surface area contributed by atoms with E-state index in [-0.39, 0.29) is 11.4 Å². The maximum absolute atomic E-state index is 12.1. The molecule has 2 aromatic carbocycles. The number of amides is 1. The van der Waals surface area contributed by atoms with Gasteiger partial charge >= 0.3 is 5.97 Å². The Hall–Kier alpha value is -3.62. The largest absolute Gasteiger partial charge is 0.494 e. The van der Waals surface area contributed by atoms with Crippen LogP contribution in [0.1, 0.15) is 13.8 Å². The first-order valence-electron chi connectivity index (χ1n) is 8.49. The molecule has 0 bridgehead atoms. The van der Waals surface area contributed by atoms with E-state index >= 15 is 0 Å². The lowest BCUT2D eigenvalue weighted by Crippen LogP contribution is -2.31. The summed E-state index contributed by atoms with van der Waals surface area (Å²) in [5.41, 5.74) is 0.452. The molecule has 0 aliphatic heterocycles. The van der Waals surface area contributed by atoms with Crippen LogP contribution < -0.4 is 14.8 Å². The Morgan fingerprint density at radius 2 is 1.61 bits per heavy atom. The second-order valence-corrected chi connectivity index (χ2v) is 5.62. The lowest BCUT2D eigenvalue weighted by Gasteiger charge is -2.14. The number of hydrogen-bond acceptors (Lipinski definition) is 7. The third-order valence-corrected chi connectivity index (χ3v) is 3.51. The maximum atomic E-state index is 12.1. The Morgan fingerprint density at radius 3 is 2.18 bits per heavy atom. The number of rotatable bonds is 9. The molecule has 0 radical (unpaired) electrons. The lowest BCUT2D eigenvalue weighted by atomic mass is 10.3. The van der Waals surface area contributed by atoms with Crippen molar-refractivity contribution < 1.29 is 28.7 Å². The summed E-state index contributed by atoms with van der Waals surface area (Å²) in [6.45, 7) is 3.42. The lowest BCUT2D eigenvalue weighted by molar-refractivity contribution is -0.384. The van der Waals surface area contributed by atoms with Gasteiger partial charge in [-0.2, -0.15) is 0 Å². The zero-order chi connectivity index (χ0) is 20.5. The number of carbonyl (C=O) groups excluding carboxylic acids is 2. The van der Waals surface area contributed by atoms with Crippen LogP contribution in [0.15, 0.2) is 48.5 Å². The zero-order valence-corrected chi connectivity index (χ0v) is 15.4. The quantitative estimate of drug-likeness (QED) is 0.399. The second-order valence-electron chi connectivity index (χ2n) is 5.62. The molecule has 0 heterocycles. The fourth-order valence-electron chi connectivity index (χ4n) is 2.14. The number of benzene rings is 2. The highest BCUT2D eigenvalue weighted by atomic mass is 16.6. The standard InChI is InChI=1S/C19H20N2O7/c1-3-26-16-8-4-14(5-9-16)20-19(23)13(2)28-18(22)12-27-17-10-6-15(7-11-17)21(24)25/h4-11,13H,3,12H2,1-2H3,(H,20,23)/t13-/m1/s1. The number of anilines is 1. The fourth-order valence-corrected chi connectivity index (χ4v) is 2.14. The van der Waals surface area contributed by atoms with Crippen LogP contribution >= 0.6 is 0 Å². The van der Waals surface area contributed by atoms with Gasteiger partial charge in [0, 0.05) is 17.8 Å². The smallest absolute Gasteiger partial charge is 0.344 e. The Labute approximate surface area is 161 Å². The van der Waals surface area contributed by atoms with E-state index in [1.165, 1.54) is 31.2 Å². The number of esters is 1. The van der Waals surface area contributed by atoms with Crippen LogP contribution in [0.25, 0.3) is 0 Å². The molecule has 1 N–H and O–H groups in total. The summed E-state index contributed by atoms with van der Waals surface area (Å²) in [7, 11) is 0. The van der Waals surface area contributed by atoms with E-state index in [1.807, 2.05) is 6.92 Å². The Bertz CT molecular complexity index is 819. The number of nitro benzene ring substituents is 1. The third-order valence-electron chi connectivity index (χ3n) is 3.51. The summed E-state index contributed by atoms with van der Waals surface area (Å²) in [6.07, 6.45) is -1.03. The summed E-state index contributed by atoms with van der Waals surface area (Å²) in [6, 6.07) is 12.0. The molecule has 0 aliphatic carbocycles. The Balaban J connectivity index is 1.78. The van der Waals surface area contributed by atoms with Gasteiger partial charge in [-0.25, -0.2) is 4.79 Å². The topological polar surface area (TPSA) is 117 Å². The summed E-state index contributed by atoms with van der Waals surface area (Å²) in [4.78, 5) is 34.0. The van der Waals surface area contributed by atoms with Crippen LogP contribution in [0.5, 0.6) is 11.5 Å². The number of non-ortho nitro benzene ring substituents is 1. The van der Waals surface area contributed by atoms with Gasteiger partial charge in [0.1, 0.15) is 11.5 Å². The Kier molecular flexibility index (Phi) is 7.32. The van der Waals surface area contributed by atoms with Crippen molar-refractivity contribution in [3.63, 3.8) is 0 Å². The third kappa shape index (κ3) is 6.27. The van der Waals surface area contributed by atoms with Gasteiger partial charge < -0.3 is 19.5 Å². The number of nitrogens with one attached hydrogen (secondary N) is 1. The predicted octanol–water partition coefficient (Wildman–Crippen LogP) is 2.94. The second kappa shape index (κ2) is 9.91. The highest BCUT2D eigenvalue weighted by Crippen LogP contribution is 2.18. The molecule has 9 heteroatoms. The molecule has 148 valence electrons. The molecule has 28 heavy (non-hydrogen) atoms. The number of nitro groups is 1. The molecule has 2 aromatic rings. The van der Waals surface area contributed by atoms with Gasteiger partial charge in [0.25, 0.3) is 11.6 Å². The van der Waals surface area contributed by atoms with Crippen molar-refractivity contribution in [1.82, 2.24) is 0 Å². The van der Waals surface area contributed by atoms with Crippen molar-refractivity contribution in [3.05, 3.63) is 58.6 Å². The van der Waals surface area contributed by atoms with Gasteiger partial charge in [0.2, 0.25) is 0 Å². The van der Waals surface area contributed by atoms with Crippen molar-refractivity contribution in [2.75, 3.05) is 18.5 Å². The molecule has 0 unspecified atom stereocenters. The summed E-state index contributed by atoms with van der Waals surface area (Å²) >= 11 is 0. The van der Waals surface area contributed by atoms with E-state index in [1.54, 1.807) is 24.3 Å². The summed E-state index contributed by atoms with van der Waals surface area (Å²) in [5, 5.41) is 13.2. The van der Waals surface area contributed by atoms with Crippen molar-refractivity contribution >= 4 is 23.3 Å². The minimum Gasteiger partial charge on any atom is -0.494 e. The number of nitrogens with zero attached hydrogens (tertiary/aromatic N) is 1. The molecular weight excluding hydrogens is 368 g/mol. The first-order valence-corrected chi connectivity index (χ1v) is 8.49. The molecule has 9 nitrogen and oxygen atoms in total. The summed E-state index contributed by atoms with van der Waals surface area (Å²) in [5.74, 6) is -0.280. The van der Waals surface area contributed by atoms with Gasteiger partial charge in [-0.3, -0.25) is 14.9 Å². The molecule has 0 saturated carbocycles. The molecule has 0 saturated heterocycles. The average molecular weight is 388 g/mol. The van der Waals surface area contributed by atoms with E-state index < -0.39 is 29.5 Å². The SMILES string of the molecule is CCOc1ccc(NC(=O)[C@@H](C)OC(=O)COc2ccc([N+](=O)[O-])cc2)cc1. The highest BCUT2D eigenvalue weighted by Gasteiger charge is 2.18. The van der Waals surface area contributed by atoms with Crippen molar-refractivity contribution in [2.45, 2.75) is 20.0 Å². The first-order chi connectivity index (χ1) is 13.4. The molecule has 0 aromatic heterocycles. The van der Waals surface area contributed by atoms with Crippen LogP contribution in [0, 0.1) is 10.1 Å². The van der Waals surface area contributed by atoms with Gasteiger partial charge in [0.05, 0.1) is 11.5 Å². The molecule has 1 amide bonds. The fraction of sp³-hybridized carbons (Fsp3) is 0.263. The highest BCUT2D eigenvalue weighted by molar-refractivity contribution is 5.95. The Morgan fingerprint density at radius 1 is 1.04 bits per heavy atom. The normalized spacial score (nSPS) is 11.2. The molecule has 1 atom stereocenters. The van der Waals surface area contributed by atoms with Crippen molar-refractivity contribution in [2.24, 2.45) is 0 Å². The number of ether oxygens (including phenoxy) is 3. The maximum Gasteiger partial charge on any atom is 0.344 e. The predicted molar refractivity (Wildman–Crippen MR) is 100 cm³/mol. The minimum atomic E-state index is -1.03. The van der Waals surface area contributed by atoms with Gasteiger partial charge in [0.15, 0.2) is 12.7 Å².